The third-order valence-electron chi connectivity index (χ3n) is 5.27. The second-order valence-corrected chi connectivity index (χ2v) is 7.67. The van der Waals surface area contributed by atoms with Crippen LogP contribution in [0.5, 0.6) is 0 Å². The van der Waals surface area contributed by atoms with E-state index in [1.54, 1.807) is 30.3 Å². The molecule has 0 saturated carbocycles. The van der Waals surface area contributed by atoms with E-state index in [2.05, 4.69) is 20.3 Å². The van der Waals surface area contributed by atoms with E-state index < -0.39 is 5.92 Å². The first-order chi connectivity index (χ1) is 14.5. The Hall–Kier alpha value is -3.42. The number of Topliss-reactive ketones (excluding diaryl/α,β-unsaturated/α-hetero) is 1. The maximum atomic E-state index is 12.8. The van der Waals surface area contributed by atoms with Crippen LogP contribution in [0.15, 0.2) is 42.7 Å². The number of hydrogen-bond acceptors (Lipinski definition) is 6. The number of aromatic nitrogens is 5. The molecule has 3 aromatic heterocycles. The van der Waals surface area contributed by atoms with Gasteiger partial charge >= 0.3 is 0 Å². The summed E-state index contributed by atoms with van der Waals surface area (Å²) in [5, 5.41) is 12.8. The van der Waals surface area contributed by atoms with Crippen molar-refractivity contribution in [2.75, 3.05) is 11.4 Å². The second kappa shape index (κ2) is 8.52. The van der Waals surface area contributed by atoms with Crippen molar-refractivity contribution in [1.29, 1.82) is 0 Å². The van der Waals surface area contributed by atoms with E-state index in [4.69, 9.17) is 0 Å². The predicted octanol–water partition coefficient (Wildman–Crippen LogP) is 2.62. The third-order valence-corrected chi connectivity index (χ3v) is 5.27. The van der Waals surface area contributed by atoms with Crippen LogP contribution >= 0.6 is 0 Å². The molecular weight excluding hydrogens is 380 g/mol. The van der Waals surface area contributed by atoms with Crippen molar-refractivity contribution in [3.8, 4) is 11.3 Å². The van der Waals surface area contributed by atoms with Gasteiger partial charge in [0.1, 0.15) is 11.6 Å². The quantitative estimate of drug-likeness (QED) is 0.627. The SMILES string of the molecule is Cc1cc2n(n1)CCCN2C(=O)CC(C)C(=O)Cc1ccc(-c2cccnc2)nn1. The second-order valence-electron chi connectivity index (χ2n) is 7.67. The molecule has 8 nitrogen and oxygen atoms in total. The maximum absolute atomic E-state index is 12.8. The normalized spacial score (nSPS) is 14.3. The first kappa shape index (κ1) is 19.9. The van der Waals surface area contributed by atoms with Crippen LogP contribution in [0.3, 0.4) is 0 Å². The van der Waals surface area contributed by atoms with Crippen molar-refractivity contribution in [2.45, 2.75) is 39.7 Å². The number of hydrogen-bond donors (Lipinski definition) is 0. The van der Waals surface area contributed by atoms with Gasteiger partial charge in [0.25, 0.3) is 0 Å². The standard InChI is InChI=1S/C22H24N6O2/c1-15(11-22(30)27-9-4-10-28-21(27)12-16(2)26-28)20(29)13-18-6-7-19(25-24-18)17-5-3-8-23-14-17/h3,5-8,12,14-15H,4,9-11,13H2,1-2H3. The molecule has 0 N–H and O–H groups in total. The van der Waals surface area contributed by atoms with Gasteiger partial charge in [0, 0.05) is 49.5 Å². The molecule has 8 heteroatoms. The Labute approximate surface area is 175 Å². The molecule has 0 aliphatic carbocycles. The van der Waals surface area contributed by atoms with Gasteiger partial charge in [0.2, 0.25) is 5.91 Å². The van der Waals surface area contributed by atoms with E-state index in [0.29, 0.717) is 17.9 Å². The summed E-state index contributed by atoms with van der Waals surface area (Å²) in [5.41, 5.74) is 3.07. The number of anilines is 1. The van der Waals surface area contributed by atoms with Crippen molar-refractivity contribution in [2.24, 2.45) is 5.92 Å². The molecule has 154 valence electrons. The molecule has 1 amide bonds. The van der Waals surface area contributed by atoms with E-state index in [-0.39, 0.29) is 24.5 Å². The van der Waals surface area contributed by atoms with Crippen LogP contribution < -0.4 is 4.90 Å². The molecule has 1 unspecified atom stereocenters. The van der Waals surface area contributed by atoms with E-state index >= 15 is 0 Å². The molecule has 0 aromatic carbocycles. The van der Waals surface area contributed by atoms with Gasteiger partial charge in [-0.3, -0.25) is 19.5 Å². The minimum absolute atomic E-state index is 0.0199. The number of amides is 1. The van der Waals surface area contributed by atoms with Gasteiger partial charge in [-0.2, -0.15) is 15.3 Å². The fraction of sp³-hybridized carbons (Fsp3) is 0.364. The van der Waals surface area contributed by atoms with Gasteiger partial charge in [-0.15, -0.1) is 0 Å². The molecule has 0 radical (unpaired) electrons. The summed E-state index contributed by atoms with van der Waals surface area (Å²) in [5.74, 6) is 0.361. The van der Waals surface area contributed by atoms with Crippen LogP contribution in [0, 0.1) is 12.8 Å². The average molecular weight is 404 g/mol. The molecule has 0 saturated heterocycles. The highest BCUT2D eigenvalue weighted by atomic mass is 16.2. The molecule has 0 fully saturated rings. The smallest absolute Gasteiger partial charge is 0.228 e. The number of ketones is 1. The zero-order valence-electron chi connectivity index (χ0n) is 17.2. The molecule has 0 bridgehead atoms. The fourth-order valence-corrected chi connectivity index (χ4v) is 3.62. The average Bonchev–Trinajstić information content (AvgIpc) is 3.15. The monoisotopic (exact) mass is 404 g/mol. The highest BCUT2D eigenvalue weighted by Gasteiger charge is 2.27. The van der Waals surface area contributed by atoms with Gasteiger partial charge in [-0.1, -0.05) is 6.92 Å². The Morgan fingerprint density at radius 3 is 2.77 bits per heavy atom. The molecule has 1 aliphatic heterocycles. The molecule has 0 spiro atoms. The van der Waals surface area contributed by atoms with Gasteiger partial charge in [0.15, 0.2) is 0 Å². The van der Waals surface area contributed by atoms with Gasteiger partial charge in [0.05, 0.1) is 23.5 Å². The lowest BCUT2D eigenvalue weighted by molar-refractivity contribution is -0.127. The Balaban J connectivity index is 1.37. The minimum Gasteiger partial charge on any atom is -0.299 e. The highest BCUT2D eigenvalue weighted by molar-refractivity contribution is 5.96. The Kier molecular flexibility index (Phi) is 5.65. The summed E-state index contributed by atoms with van der Waals surface area (Å²) in [6, 6.07) is 9.30. The summed E-state index contributed by atoms with van der Waals surface area (Å²) in [6.45, 7) is 5.19. The highest BCUT2D eigenvalue weighted by Crippen LogP contribution is 2.23. The fourth-order valence-electron chi connectivity index (χ4n) is 3.62. The zero-order valence-corrected chi connectivity index (χ0v) is 17.2. The number of carbonyl (C=O) groups is 2. The zero-order chi connectivity index (χ0) is 21.1. The first-order valence-electron chi connectivity index (χ1n) is 10.1. The van der Waals surface area contributed by atoms with Crippen molar-refractivity contribution in [3.63, 3.8) is 0 Å². The molecule has 4 rings (SSSR count). The Bertz CT molecular complexity index is 1050. The van der Waals surface area contributed by atoms with Crippen LogP contribution in [0.1, 0.15) is 31.2 Å². The molecule has 1 aliphatic rings. The predicted molar refractivity (Wildman–Crippen MR) is 112 cm³/mol. The van der Waals surface area contributed by atoms with E-state index in [1.165, 1.54) is 0 Å². The minimum atomic E-state index is -0.392. The number of nitrogens with zero attached hydrogens (tertiary/aromatic N) is 6. The Morgan fingerprint density at radius 1 is 1.17 bits per heavy atom. The number of carbonyl (C=O) groups excluding carboxylic acids is 2. The van der Waals surface area contributed by atoms with Crippen LogP contribution in [0.25, 0.3) is 11.3 Å². The third kappa shape index (κ3) is 4.27. The van der Waals surface area contributed by atoms with Crippen LogP contribution in [0.2, 0.25) is 0 Å². The van der Waals surface area contributed by atoms with Crippen LogP contribution in [-0.4, -0.2) is 43.2 Å². The summed E-state index contributed by atoms with van der Waals surface area (Å²) < 4.78 is 1.86. The number of aryl methyl sites for hydroxylation is 2. The van der Waals surface area contributed by atoms with Crippen LogP contribution in [-0.2, 0) is 22.6 Å². The number of rotatable bonds is 6. The van der Waals surface area contributed by atoms with Gasteiger partial charge in [-0.05, 0) is 37.6 Å². The lowest BCUT2D eigenvalue weighted by Crippen LogP contribution is -2.39. The maximum Gasteiger partial charge on any atom is 0.228 e. The topological polar surface area (TPSA) is 93.9 Å². The first-order valence-corrected chi connectivity index (χ1v) is 10.1. The largest absolute Gasteiger partial charge is 0.299 e. The van der Waals surface area contributed by atoms with Gasteiger partial charge in [-0.25, -0.2) is 4.68 Å². The summed E-state index contributed by atoms with van der Waals surface area (Å²) in [7, 11) is 0. The Morgan fingerprint density at radius 2 is 2.03 bits per heavy atom. The molecule has 4 heterocycles. The molecule has 1 atom stereocenters. The van der Waals surface area contributed by atoms with E-state index in [0.717, 1.165) is 30.0 Å². The lowest BCUT2D eigenvalue weighted by atomic mass is 9.97. The lowest BCUT2D eigenvalue weighted by Gasteiger charge is -2.28. The molecule has 30 heavy (non-hydrogen) atoms. The number of fused-ring (bicyclic) bond motifs is 1. The summed E-state index contributed by atoms with van der Waals surface area (Å²) >= 11 is 0. The van der Waals surface area contributed by atoms with Crippen molar-refractivity contribution in [1.82, 2.24) is 25.0 Å². The van der Waals surface area contributed by atoms with E-state index in [9.17, 15) is 9.59 Å². The number of pyridine rings is 1. The van der Waals surface area contributed by atoms with Crippen LogP contribution in [0.4, 0.5) is 5.82 Å². The summed E-state index contributed by atoms with van der Waals surface area (Å²) in [4.78, 5) is 31.3. The summed E-state index contributed by atoms with van der Waals surface area (Å²) in [6.07, 6.45) is 4.61. The molecular formula is C22H24N6O2. The van der Waals surface area contributed by atoms with E-state index in [1.807, 2.05) is 35.9 Å². The van der Waals surface area contributed by atoms with Crippen molar-refractivity contribution in [3.05, 3.63) is 54.1 Å². The molecule has 3 aromatic rings. The van der Waals surface area contributed by atoms with Crippen molar-refractivity contribution >= 4 is 17.5 Å². The van der Waals surface area contributed by atoms with Crippen molar-refractivity contribution < 1.29 is 9.59 Å². The van der Waals surface area contributed by atoms with Gasteiger partial charge < -0.3 is 0 Å².